The second kappa shape index (κ2) is 6.19. The molecule has 0 atom stereocenters. The van der Waals surface area contributed by atoms with Crippen LogP contribution in [0.25, 0.3) is 0 Å². The van der Waals surface area contributed by atoms with Crippen LogP contribution in [0.5, 0.6) is 0 Å². The van der Waals surface area contributed by atoms with E-state index in [1.54, 1.807) is 19.1 Å². The van der Waals surface area contributed by atoms with Gasteiger partial charge >= 0.3 is 0 Å². The summed E-state index contributed by atoms with van der Waals surface area (Å²) < 4.78 is 31.8. The van der Waals surface area contributed by atoms with E-state index in [0.717, 1.165) is 17.0 Å². The molecule has 0 saturated heterocycles. The molecule has 6 heteroatoms. The molecule has 2 aromatic rings. The first-order valence-corrected chi connectivity index (χ1v) is 8.06. The smallest absolute Gasteiger partial charge is 0.215 e. The predicted octanol–water partition coefficient (Wildman–Crippen LogP) is 1.95. The van der Waals surface area contributed by atoms with Crippen LogP contribution >= 0.6 is 0 Å². The van der Waals surface area contributed by atoms with Crippen molar-refractivity contribution in [2.24, 2.45) is 0 Å². The van der Waals surface area contributed by atoms with Gasteiger partial charge in [-0.05, 0) is 12.5 Å². The van der Waals surface area contributed by atoms with Gasteiger partial charge in [0.1, 0.15) is 5.76 Å². The van der Waals surface area contributed by atoms with E-state index in [0.29, 0.717) is 18.9 Å². The van der Waals surface area contributed by atoms with Crippen LogP contribution in [0, 0.1) is 13.8 Å². The molecular weight excluding hydrogens is 276 g/mol. The van der Waals surface area contributed by atoms with E-state index >= 15 is 0 Å². The standard InChI is InChI=1S/C14H18N2O3S/c1-11-14(19-12(2)16-11)8-9-15-20(17,18)10-13-6-4-3-5-7-13/h3-7,15H,8-10H2,1-2H3. The van der Waals surface area contributed by atoms with Gasteiger partial charge in [-0.2, -0.15) is 0 Å². The lowest BCUT2D eigenvalue weighted by Gasteiger charge is -2.06. The summed E-state index contributed by atoms with van der Waals surface area (Å²) in [7, 11) is -3.32. The Morgan fingerprint density at radius 3 is 2.50 bits per heavy atom. The van der Waals surface area contributed by atoms with Gasteiger partial charge in [-0.3, -0.25) is 0 Å². The maximum atomic E-state index is 11.9. The van der Waals surface area contributed by atoms with Crippen LogP contribution < -0.4 is 4.72 Å². The maximum absolute atomic E-state index is 11.9. The minimum atomic E-state index is -3.32. The predicted molar refractivity (Wildman–Crippen MR) is 76.7 cm³/mol. The highest BCUT2D eigenvalue weighted by atomic mass is 32.2. The van der Waals surface area contributed by atoms with Gasteiger partial charge in [0.25, 0.3) is 0 Å². The second-order valence-electron chi connectivity index (χ2n) is 4.63. The zero-order valence-electron chi connectivity index (χ0n) is 11.6. The Kier molecular flexibility index (Phi) is 4.57. The zero-order valence-corrected chi connectivity index (χ0v) is 12.4. The molecule has 1 aromatic carbocycles. The third-order valence-electron chi connectivity index (χ3n) is 2.87. The molecule has 0 radical (unpaired) electrons. The lowest BCUT2D eigenvalue weighted by Crippen LogP contribution is -2.27. The SMILES string of the molecule is Cc1nc(C)c(CCNS(=O)(=O)Cc2ccccc2)o1. The molecule has 0 aliphatic heterocycles. The van der Waals surface area contributed by atoms with Crippen molar-refractivity contribution in [2.45, 2.75) is 26.0 Å². The summed E-state index contributed by atoms with van der Waals surface area (Å²) in [4.78, 5) is 4.15. The minimum Gasteiger partial charge on any atom is -0.446 e. The van der Waals surface area contributed by atoms with Crippen molar-refractivity contribution in [1.82, 2.24) is 9.71 Å². The Balaban J connectivity index is 1.88. The summed E-state index contributed by atoms with van der Waals surface area (Å²) in [6.07, 6.45) is 0.501. The van der Waals surface area contributed by atoms with Crippen LogP contribution in [-0.2, 0) is 22.2 Å². The molecule has 0 spiro atoms. The number of hydrogen-bond donors (Lipinski definition) is 1. The Bertz CT molecular complexity index is 663. The third kappa shape index (κ3) is 4.18. The van der Waals surface area contributed by atoms with E-state index in [1.165, 1.54) is 0 Å². The number of hydrogen-bond acceptors (Lipinski definition) is 4. The Labute approximate surface area is 119 Å². The highest BCUT2D eigenvalue weighted by Gasteiger charge is 2.12. The van der Waals surface area contributed by atoms with E-state index in [9.17, 15) is 8.42 Å². The largest absolute Gasteiger partial charge is 0.446 e. The number of aromatic nitrogens is 1. The van der Waals surface area contributed by atoms with Crippen LogP contribution in [0.4, 0.5) is 0 Å². The molecule has 1 heterocycles. The summed E-state index contributed by atoms with van der Waals surface area (Å²) in [5.41, 5.74) is 1.58. The molecule has 0 aliphatic carbocycles. The molecule has 0 bridgehead atoms. The van der Waals surface area contributed by atoms with E-state index in [2.05, 4.69) is 9.71 Å². The number of oxazole rings is 1. The molecule has 108 valence electrons. The Morgan fingerprint density at radius 2 is 1.90 bits per heavy atom. The van der Waals surface area contributed by atoms with Crippen molar-refractivity contribution in [3.63, 3.8) is 0 Å². The van der Waals surface area contributed by atoms with Crippen LogP contribution in [0.1, 0.15) is 22.9 Å². The molecule has 0 unspecified atom stereocenters. The van der Waals surface area contributed by atoms with Crippen molar-refractivity contribution in [2.75, 3.05) is 6.54 Å². The van der Waals surface area contributed by atoms with Crippen LogP contribution in [0.3, 0.4) is 0 Å². The Morgan fingerprint density at radius 1 is 1.20 bits per heavy atom. The van der Waals surface area contributed by atoms with Crippen LogP contribution in [0.15, 0.2) is 34.7 Å². The van der Waals surface area contributed by atoms with Crippen molar-refractivity contribution >= 4 is 10.0 Å². The van der Waals surface area contributed by atoms with Crippen molar-refractivity contribution in [3.8, 4) is 0 Å². The number of rotatable bonds is 6. The van der Waals surface area contributed by atoms with Crippen LogP contribution in [0.2, 0.25) is 0 Å². The quantitative estimate of drug-likeness (QED) is 0.884. The first kappa shape index (κ1) is 14.7. The normalized spacial score (nSPS) is 11.7. The van der Waals surface area contributed by atoms with Gasteiger partial charge in [-0.1, -0.05) is 30.3 Å². The summed E-state index contributed by atoms with van der Waals surface area (Å²) >= 11 is 0. The molecule has 20 heavy (non-hydrogen) atoms. The van der Waals surface area contributed by atoms with Gasteiger partial charge in [0.2, 0.25) is 10.0 Å². The van der Waals surface area contributed by atoms with Crippen molar-refractivity contribution in [3.05, 3.63) is 53.2 Å². The average molecular weight is 294 g/mol. The molecular formula is C14H18N2O3S. The zero-order chi connectivity index (χ0) is 14.6. The number of aryl methyl sites for hydroxylation is 2. The first-order chi connectivity index (χ1) is 9.46. The highest BCUT2D eigenvalue weighted by molar-refractivity contribution is 7.88. The van der Waals surface area contributed by atoms with E-state index < -0.39 is 10.0 Å². The topological polar surface area (TPSA) is 72.2 Å². The summed E-state index contributed by atoms with van der Waals surface area (Å²) in [5, 5.41) is 0. The van der Waals surface area contributed by atoms with Crippen LogP contribution in [-0.4, -0.2) is 19.9 Å². The van der Waals surface area contributed by atoms with Gasteiger partial charge in [0.05, 0.1) is 11.4 Å². The van der Waals surface area contributed by atoms with Gasteiger partial charge < -0.3 is 4.42 Å². The van der Waals surface area contributed by atoms with Crippen molar-refractivity contribution in [1.29, 1.82) is 0 Å². The summed E-state index contributed by atoms with van der Waals surface area (Å²) in [5.74, 6) is 1.32. The molecule has 0 fully saturated rings. The van der Waals surface area contributed by atoms with Gasteiger partial charge in [0, 0.05) is 19.9 Å². The Hall–Kier alpha value is -1.66. The lowest BCUT2D eigenvalue weighted by atomic mass is 10.2. The lowest BCUT2D eigenvalue weighted by molar-refractivity contribution is 0.472. The third-order valence-corrected chi connectivity index (χ3v) is 4.23. The number of nitrogens with zero attached hydrogens (tertiary/aromatic N) is 1. The fraction of sp³-hybridized carbons (Fsp3) is 0.357. The van der Waals surface area contributed by atoms with E-state index in [-0.39, 0.29) is 5.75 Å². The average Bonchev–Trinajstić information content (AvgIpc) is 2.68. The highest BCUT2D eigenvalue weighted by Crippen LogP contribution is 2.10. The fourth-order valence-electron chi connectivity index (χ4n) is 1.97. The summed E-state index contributed by atoms with van der Waals surface area (Å²) in [6, 6.07) is 9.10. The first-order valence-electron chi connectivity index (χ1n) is 6.40. The molecule has 0 aliphatic rings. The van der Waals surface area contributed by atoms with E-state index in [1.807, 2.05) is 25.1 Å². The molecule has 0 saturated carbocycles. The molecule has 1 aromatic heterocycles. The number of sulfonamides is 1. The molecule has 1 N–H and O–H groups in total. The second-order valence-corrected chi connectivity index (χ2v) is 6.44. The minimum absolute atomic E-state index is 0.0117. The molecule has 2 rings (SSSR count). The van der Waals surface area contributed by atoms with Crippen molar-refractivity contribution < 1.29 is 12.8 Å². The molecule has 0 amide bonds. The van der Waals surface area contributed by atoms with Gasteiger partial charge in [0.15, 0.2) is 5.89 Å². The monoisotopic (exact) mass is 294 g/mol. The maximum Gasteiger partial charge on any atom is 0.215 e. The van der Waals surface area contributed by atoms with Gasteiger partial charge in [-0.15, -0.1) is 0 Å². The molecule has 5 nitrogen and oxygen atoms in total. The summed E-state index contributed by atoms with van der Waals surface area (Å²) in [6.45, 7) is 3.94. The van der Waals surface area contributed by atoms with Gasteiger partial charge in [-0.25, -0.2) is 18.1 Å². The fourth-order valence-corrected chi connectivity index (χ4v) is 3.12. The van der Waals surface area contributed by atoms with E-state index in [4.69, 9.17) is 4.42 Å². The number of nitrogens with one attached hydrogen (secondary N) is 1. The number of benzene rings is 1.